The minimum atomic E-state index is -3.49. The Labute approximate surface area is 175 Å². The van der Waals surface area contributed by atoms with Crippen molar-refractivity contribution < 1.29 is 13.2 Å². The third kappa shape index (κ3) is 5.70. The second kappa shape index (κ2) is 9.27. The Morgan fingerprint density at radius 2 is 1.57 bits per heavy atom. The van der Waals surface area contributed by atoms with Crippen LogP contribution < -0.4 is 5.32 Å². The number of hydrogen-bond acceptors (Lipinski definition) is 3. The number of carbonyl (C=O) groups excluding carboxylic acids is 1. The van der Waals surface area contributed by atoms with Gasteiger partial charge >= 0.3 is 0 Å². The minimum Gasteiger partial charge on any atom is -0.352 e. The summed E-state index contributed by atoms with van der Waals surface area (Å²) < 4.78 is 27.0. The van der Waals surface area contributed by atoms with Gasteiger partial charge in [-0.3, -0.25) is 4.79 Å². The van der Waals surface area contributed by atoms with Crippen molar-refractivity contribution >= 4 is 39.1 Å². The van der Waals surface area contributed by atoms with E-state index in [-0.39, 0.29) is 24.1 Å². The number of hydrogen-bond donors (Lipinski definition) is 1. The zero-order chi connectivity index (χ0) is 20.1. The third-order valence-corrected chi connectivity index (χ3v) is 7.11. The van der Waals surface area contributed by atoms with Gasteiger partial charge in [0.25, 0.3) is 0 Å². The summed E-state index contributed by atoms with van der Waals surface area (Å²) in [5, 5.41) is 4.11. The van der Waals surface area contributed by atoms with Gasteiger partial charge in [-0.15, -0.1) is 0 Å². The molecule has 0 spiro atoms. The normalized spacial score (nSPS) is 18.0. The molecule has 2 aromatic rings. The van der Waals surface area contributed by atoms with Crippen molar-refractivity contribution in [3.05, 3.63) is 69.7 Å². The van der Waals surface area contributed by atoms with Crippen molar-refractivity contribution in [2.45, 2.75) is 25.1 Å². The Kier molecular flexibility index (Phi) is 6.99. The van der Waals surface area contributed by atoms with Crippen molar-refractivity contribution in [1.82, 2.24) is 9.62 Å². The van der Waals surface area contributed by atoms with Crippen molar-refractivity contribution in [3.8, 4) is 0 Å². The maximum absolute atomic E-state index is 12.8. The topological polar surface area (TPSA) is 66.5 Å². The van der Waals surface area contributed by atoms with Crippen LogP contribution in [0, 0.1) is 5.92 Å². The van der Waals surface area contributed by atoms with Gasteiger partial charge in [0.2, 0.25) is 15.9 Å². The molecule has 1 aliphatic heterocycles. The molecule has 150 valence electrons. The molecule has 28 heavy (non-hydrogen) atoms. The molecule has 1 aliphatic rings. The molecule has 2 aromatic carbocycles. The maximum Gasteiger partial charge on any atom is 0.224 e. The molecule has 3 rings (SSSR count). The molecular formula is C20H22Cl2N2O3S. The van der Waals surface area contributed by atoms with Gasteiger partial charge in [-0.2, -0.15) is 0 Å². The van der Waals surface area contributed by atoms with E-state index in [0.29, 0.717) is 41.5 Å². The maximum atomic E-state index is 12.8. The van der Waals surface area contributed by atoms with Crippen molar-refractivity contribution in [2.75, 3.05) is 13.1 Å². The van der Waals surface area contributed by atoms with E-state index in [2.05, 4.69) is 5.32 Å². The summed E-state index contributed by atoms with van der Waals surface area (Å²) in [4.78, 5) is 12.5. The van der Waals surface area contributed by atoms with Gasteiger partial charge in [0.1, 0.15) is 0 Å². The number of nitrogens with zero attached hydrogens (tertiary/aromatic N) is 1. The number of rotatable bonds is 6. The van der Waals surface area contributed by atoms with E-state index < -0.39 is 10.0 Å². The summed E-state index contributed by atoms with van der Waals surface area (Å²) in [6.45, 7) is 1.04. The van der Waals surface area contributed by atoms with Gasteiger partial charge in [0.05, 0.1) is 11.7 Å². The van der Waals surface area contributed by atoms with Gasteiger partial charge in [0.15, 0.2) is 0 Å². The Balaban J connectivity index is 1.58. The number of carbonyl (C=O) groups is 1. The summed E-state index contributed by atoms with van der Waals surface area (Å²) in [5.41, 5.74) is 1.62. The molecule has 1 atom stereocenters. The lowest BCUT2D eigenvalue weighted by atomic mass is 9.99. The molecule has 5 nitrogen and oxygen atoms in total. The molecule has 0 bridgehead atoms. The van der Waals surface area contributed by atoms with E-state index in [0.717, 1.165) is 5.56 Å². The predicted octanol–water partition coefficient (Wildman–Crippen LogP) is 3.85. The number of benzene rings is 2. The molecule has 0 aromatic heterocycles. The van der Waals surface area contributed by atoms with E-state index in [1.807, 2.05) is 12.1 Å². The van der Waals surface area contributed by atoms with Gasteiger partial charge in [-0.05, 0) is 48.2 Å². The molecule has 1 N–H and O–H groups in total. The Morgan fingerprint density at radius 3 is 2.18 bits per heavy atom. The summed E-state index contributed by atoms with van der Waals surface area (Å²) in [7, 11) is -3.49. The zero-order valence-corrected chi connectivity index (χ0v) is 17.6. The standard InChI is InChI=1S/C20H22Cl2N2O3S/c21-18-7-3-15(4-8-18)12-23-20(25)17-2-1-11-24(13-17)28(26,27)14-16-5-9-19(22)10-6-16/h3-10,17H,1-2,11-14H2,(H,23,25). The highest BCUT2D eigenvalue weighted by Crippen LogP contribution is 2.22. The van der Waals surface area contributed by atoms with Crippen molar-refractivity contribution in [3.63, 3.8) is 0 Å². The van der Waals surface area contributed by atoms with Crippen LogP contribution >= 0.6 is 23.2 Å². The van der Waals surface area contributed by atoms with E-state index in [1.165, 1.54) is 4.31 Å². The molecule has 1 amide bonds. The van der Waals surface area contributed by atoms with Crippen LogP contribution in [0.2, 0.25) is 10.0 Å². The van der Waals surface area contributed by atoms with Crippen LogP contribution in [0.1, 0.15) is 24.0 Å². The van der Waals surface area contributed by atoms with Gasteiger partial charge in [0, 0.05) is 29.7 Å². The number of sulfonamides is 1. The van der Waals surface area contributed by atoms with Crippen LogP contribution in [-0.4, -0.2) is 31.7 Å². The summed E-state index contributed by atoms with van der Waals surface area (Å²) in [5.74, 6) is -0.564. The molecule has 1 heterocycles. The van der Waals surface area contributed by atoms with Crippen LogP contribution in [0.3, 0.4) is 0 Å². The SMILES string of the molecule is O=C(NCc1ccc(Cl)cc1)C1CCCN(S(=O)(=O)Cc2ccc(Cl)cc2)C1. The fraction of sp³-hybridized carbons (Fsp3) is 0.350. The first-order chi connectivity index (χ1) is 13.3. The van der Waals surface area contributed by atoms with E-state index >= 15 is 0 Å². The quantitative estimate of drug-likeness (QED) is 0.741. The number of halogens is 2. The monoisotopic (exact) mass is 440 g/mol. The number of nitrogens with one attached hydrogen (secondary N) is 1. The lowest BCUT2D eigenvalue weighted by molar-refractivity contribution is -0.126. The molecule has 8 heteroatoms. The fourth-order valence-electron chi connectivity index (χ4n) is 3.23. The fourth-order valence-corrected chi connectivity index (χ4v) is 5.09. The van der Waals surface area contributed by atoms with Crippen LogP contribution in [0.15, 0.2) is 48.5 Å². The number of amides is 1. The predicted molar refractivity (Wildman–Crippen MR) is 112 cm³/mol. The van der Waals surface area contributed by atoms with Crippen LogP contribution in [-0.2, 0) is 27.1 Å². The lowest BCUT2D eigenvalue weighted by Crippen LogP contribution is -2.45. The van der Waals surface area contributed by atoms with Gasteiger partial charge in [-0.1, -0.05) is 47.5 Å². The lowest BCUT2D eigenvalue weighted by Gasteiger charge is -2.31. The highest BCUT2D eigenvalue weighted by Gasteiger charge is 2.32. The Hall–Kier alpha value is -1.60. The molecule has 1 unspecified atom stereocenters. The first kappa shape index (κ1) is 21.1. The molecule has 0 saturated carbocycles. The second-order valence-corrected chi connectivity index (χ2v) is 9.77. The molecule has 1 fully saturated rings. The average Bonchev–Trinajstić information content (AvgIpc) is 2.69. The van der Waals surface area contributed by atoms with Crippen LogP contribution in [0.5, 0.6) is 0 Å². The number of piperidine rings is 1. The zero-order valence-electron chi connectivity index (χ0n) is 15.3. The summed E-state index contributed by atoms with van der Waals surface area (Å²) in [6.07, 6.45) is 1.35. The van der Waals surface area contributed by atoms with E-state index in [4.69, 9.17) is 23.2 Å². The van der Waals surface area contributed by atoms with Gasteiger partial charge < -0.3 is 5.32 Å². The highest BCUT2D eigenvalue weighted by atomic mass is 35.5. The molecular weight excluding hydrogens is 419 g/mol. The van der Waals surface area contributed by atoms with E-state index in [1.54, 1.807) is 36.4 Å². The van der Waals surface area contributed by atoms with Crippen molar-refractivity contribution in [2.24, 2.45) is 5.92 Å². The minimum absolute atomic E-state index is 0.0940. The smallest absolute Gasteiger partial charge is 0.224 e. The first-order valence-corrected chi connectivity index (χ1v) is 11.4. The first-order valence-electron chi connectivity index (χ1n) is 9.08. The van der Waals surface area contributed by atoms with Gasteiger partial charge in [-0.25, -0.2) is 12.7 Å². The van der Waals surface area contributed by atoms with Crippen LogP contribution in [0.4, 0.5) is 0 Å². The largest absolute Gasteiger partial charge is 0.352 e. The third-order valence-electron chi connectivity index (χ3n) is 4.79. The molecule has 1 saturated heterocycles. The molecule has 0 aliphatic carbocycles. The summed E-state index contributed by atoms with van der Waals surface area (Å²) >= 11 is 11.7. The van der Waals surface area contributed by atoms with Crippen LogP contribution in [0.25, 0.3) is 0 Å². The highest BCUT2D eigenvalue weighted by molar-refractivity contribution is 7.88. The second-order valence-electron chi connectivity index (χ2n) is 6.92. The molecule has 0 radical (unpaired) electrons. The van der Waals surface area contributed by atoms with Crippen molar-refractivity contribution in [1.29, 1.82) is 0 Å². The Bertz CT molecular complexity index is 915. The van der Waals surface area contributed by atoms with E-state index in [9.17, 15) is 13.2 Å². The Morgan fingerprint density at radius 1 is 1.00 bits per heavy atom. The summed E-state index contributed by atoms with van der Waals surface area (Å²) in [6, 6.07) is 14.0. The average molecular weight is 441 g/mol.